The maximum absolute atomic E-state index is 12.7. The molecule has 27 heavy (non-hydrogen) atoms. The Labute approximate surface area is 158 Å². The van der Waals surface area contributed by atoms with Crippen LogP contribution in [-0.2, 0) is 22.7 Å². The van der Waals surface area contributed by atoms with E-state index in [0.717, 1.165) is 0 Å². The molecule has 1 saturated heterocycles. The van der Waals surface area contributed by atoms with Crippen molar-refractivity contribution in [1.82, 2.24) is 25.3 Å². The Morgan fingerprint density at radius 3 is 2.81 bits per heavy atom. The Morgan fingerprint density at radius 2 is 2.11 bits per heavy atom. The lowest BCUT2D eigenvalue weighted by atomic mass is 10.0. The van der Waals surface area contributed by atoms with Gasteiger partial charge in [0.15, 0.2) is 0 Å². The number of hydrogen-bond donors (Lipinski definition) is 1. The fourth-order valence-corrected chi connectivity index (χ4v) is 3.19. The van der Waals surface area contributed by atoms with E-state index in [4.69, 9.17) is 4.42 Å². The summed E-state index contributed by atoms with van der Waals surface area (Å²) in [5, 5.41) is 10.5. The number of carbonyl (C=O) groups is 2. The number of hydrogen-bond acceptors (Lipinski definition) is 6. The number of piperazine rings is 1. The van der Waals surface area contributed by atoms with Gasteiger partial charge in [-0.2, -0.15) is 0 Å². The summed E-state index contributed by atoms with van der Waals surface area (Å²) in [4.78, 5) is 28.7. The van der Waals surface area contributed by atoms with Gasteiger partial charge in [0.25, 0.3) is 0 Å². The highest BCUT2D eigenvalue weighted by Crippen LogP contribution is 2.17. The summed E-state index contributed by atoms with van der Waals surface area (Å²) in [6.45, 7) is 5.93. The number of aryl methyl sites for hydroxylation is 2. The van der Waals surface area contributed by atoms with E-state index in [0.29, 0.717) is 31.4 Å². The summed E-state index contributed by atoms with van der Waals surface area (Å²) in [6, 6.07) is 7.62. The molecule has 1 aliphatic heterocycles. The van der Waals surface area contributed by atoms with Crippen LogP contribution < -0.4 is 5.32 Å². The first-order valence-electron chi connectivity index (χ1n) is 9.03. The van der Waals surface area contributed by atoms with Crippen molar-refractivity contribution >= 4 is 11.8 Å². The van der Waals surface area contributed by atoms with Crippen LogP contribution in [0.4, 0.5) is 0 Å². The van der Waals surface area contributed by atoms with Crippen LogP contribution >= 0.6 is 0 Å². The minimum absolute atomic E-state index is 0.106. The Kier molecular flexibility index (Phi) is 5.85. The molecule has 0 radical (unpaired) electrons. The van der Waals surface area contributed by atoms with E-state index in [-0.39, 0.29) is 24.8 Å². The molecule has 1 N–H and O–H groups in total. The third-order valence-corrected chi connectivity index (χ3v) is 4.81. The molecule has 144 valence electrons. The number of nitrogens with one attached hydrogen (secondary N) is 1. The molecule has 1 atom stereocenters. The van der Waals surface area contributed by atoms with E-state index in [1.807, 2.05) is 12.1 Å². The highest BCUT2D eigenvalue weighted by Gasteiger charge is 2.32. The van der Waals surface area contributed by atoms with E-state index < -0.39 is 6.04 Å². The van der Waals surface area contributed by atoms with Crippen molar-refractivity contribution in [2.45, 2.75) is 39.4 Å². The molecule has 2 amide bonds. The number of amides is 2. The summed E-state index contributed by atoms with van der Waals surface area (Å²) in [5.41, 5.74) is 2.34. The lowest BCUT2D eigenvalue weighted by Crippen LogP contribution is -2.56. The molecule has 0 spiro atoms. The summed E-state index contributed by atoms with van der Waals surface area (Å²) >= 11 is 0. The monoisotopic (exact) mass is 371 g/mol. The van der Waals surface area contributed by atoms with Crippen LogP contribution in [0.3, 0.4) is 0 Å². The molecule has 1 aromatic heterocycles. The first kappa shape index (κ1) is 19.0. The van der Waals surface area contributed by atoms with Crippen LogP contribution in [0.2, 0.25) is 0 Å². The Bertz CT molecular complexity index is 819. The summed E-state index contributed by atoms with van der Waals surface area (Å²) in [6.07, 6.45) is 0.112. The van der Waals surface area contributed by atoms with E-state index in [1.165, 1.54) is 16.0 Å². The van der Waals surface area contributed by atoms with Gasteiger partial charge in [-0.15, -0.1) is 10.2 Å². The van der Waals surface area contributed by atoms with Crippen LogP contribution in [0.1, 0.15) is 29.3 Å². The number of nitrogens with zero attached hydrogens (tertiary/aromatic N) is 4. The molecule has 2 aromatic rings. The summed E-state index contributed by atoms with van der Waals surface area (Å²) in [7, 11) is 1.67. The molecule has 1 aliphatic rings. The molecule has 0 aliphatic carbocycles. The Morgan fingerprint density at radius 1 is 1.33 bits per heavy atom. The smallest absolute Gasteiger partial charge is 0.237 e. The topological polar surface area (TPSA) is 91.6 Å². The second-order valence-corrected chi connectivity index (χ2v) is 6.87. The minimum atomic E-state index is -0.488. The predicted molar refractivity (Wildman–Crippen MR) is 98.5 cm³/mol. The molecule has 1 aromatic carbocycles. The molecule has 0 saturated carbocycles. The number of benzene rings is 1. The van der Waals surface area contributed by atoms with E-state index in [1.54, 1.807) is 14.0 Å². The van der Waals surface area contributed by atoms with E-state index >= 15 is 0 Å². The first-order valence-corrected chi connectivity index (χ1v) is 9.03. The van der Waals surface area contributed by atoms with Crippen molar-refractivity contribution in [2.24, 2.45) is 0 Å². The van der Waals surface area contributed by atoms with Gasteiger partial charge in [0, 0.05) is 33.6 Å². The molecular formula is C19H25N5O3. The highest BCUT2D eigenvalue weighted by molar-refractivity contribution is 5.88. The second-order valence-electron chi connectivity index (χ2n) is 6.87. The van der Waals surface area contributed by atoms with Gasteiger partial charge in [-0.3, -0.25) is 14.5 Å². The highest BCUT2D eigenvalue weighted by atomic mass is 16.4. The van der Waals surface area contributed by atoms with Crippen molar-refractivity contribution in [1.29, 1.82) is 0 Å². The van der Waals surface area contributed by atoms with Crippen molar-refractivity contribution < 1.29 is 14.0 Å². The largest absolute Gasteiger partial charge is 0.424 e. The van der Waals surface area contributed by atoms with Crippen LogP contribution in [0.5, 0.6) is 0 Å². The van der Waals surface area contributed by atoms with Gasteiger partial charge in [0.1, 0.15) is 0 Å². The van der Waals surface area contributed by atoms with Crippen LogP contribution in [-0.4, -0.2) is 58.0 Å². The second kappa shape index (κ2) is 8.30. The average Bonchev–Trinajstić information content (AvgIpc) is 3.04. The normalized spacial score (nSPS) is 17.6. The molecule has 1 fully saturated rings. The number of aromatic nitrogens is 2. The van der Waals surface area contributed by atoms with Crippen LogP contribution in [0, 0.1) is 13.8 Å². The maximum atomic E-state index is 12.7. The summed E-state index contributed by atoms with van der Waals surface area (Å²) in [5.74, 6) is 0.600. The molecular weight excluding hydrogens is 346 g/mol. The Hall–Kier alpha value is -2.74. The SMILES string of the molecule is Cc1nnc(CN(C)C(=O)C[C@@H]2C(=O)NCCN2Cc2ccccc2C)o1. The Balaban J connectivity index is 1.66. The van der Waals surface area contributed by atoms with Gasteiger partial charge in [0.05, 0.1) is 19.0 Å². The van der Waals surface area contributed by atoms with Crippen molar-refractivity contribution in [3.05, 3.63) is 47.2 Å². The van der Waals surface area contributed by atoms with Gasteiger partial charge >= 0.3 is 0 Å². The maximum Gasteiger partial charge on any atom is 0.237 e. The lowest BCUT2D eigenvalue weighted by Gasteiger charge is -2.35. The van der Waals surface area contributed by atoms with Gasteiger partial charge in [-0.1, -0.05) is 24.3 Å². The molecule has 3 rings (SSSR count). The van der Waals surface area contributed by atoms with E-state index in [2.05, 4.69) is 39.5 Å². The van der Waals surface area contributed by atoms with E-state index in [9.17, 15) is 9.59 Å². The van der Waals surface area contributed by atoms with Gasteiger partial charge < -0.3 is 14.6 Å². The van der Waals surface area contributed by atoms with Gasteiger partial charge in [0.2, 0.25) is 23.6 Å². The molecule has 8 nitrogen and oxygen atoms in total. The van der Waals surface area contributed by atoms with Gasteiger partial charge in [-0.25, -0.2) is 0 Å². The predicted octanol–water partition coefficient (Wildman–Crippen LogP) is 1.04. The quantitative estimate of drug-likeness (QED) is 0.816. The summed E-state index contributed by atoms with van der Waals surface area (Å²) < 4.78 is 5.32. The van der Waals surface area contributed by atoms with Crippen molar-refractivity contribution in [3.63, 3.8) is 0 Å². The third-order valence-electron chi connectivity index (χ3n) is 4.81. The standard InChI is InChI=1S/C19H25N5O3/c1-13-6-4-5-7-15(13)11-24-9-8-20-19(26)16(24)10-18(25)23(3)12-17-22-21-14(2)27-17/h4-7,16H,8-12H2,1-3H3,(H,20,26)/t16-/m1/s1. The number of rotatable bonds is 6. The number of carbonyl (C=O) groups excluding carboxylic acids is 2. The van der Waals surface area contributed by atoms with Crippen molar-refractivity contribution in [2.75, 3.05) is 20.1 Å². The zero-order valence-corrected chi connectivity index (χ0v) is 15.9. The zero-order valence-electron chi connectivity index (χ0n) is 15.9. The van der Waals surface area contributed by atoms with Crippen LogP contribution in [0.25, 0.3) is 0 Å². The molecule has 2 heterocycles. The zero-order chi connectivity index (χ0) is 19.4. The minimum Gasteiger partial charge on any atom is -0.424 e. The fourth-order valence-electron chi connectivity index (χ4n) is 3.19. The van der Waals surface area contributed by atoms with Crippen molar-refractivity contribution in [3.8, 4) is 0 Å². The van der Waals surface area contributed by atoms with Crippen LogP contribution in [0.15, 0.2) is 28.7 Å². The molecule has 0 unspecified atom stereocenters. The molecule has 0 bridgehead atoms. The average molecular weight is 371 g/mol. The van der Waals surface area contributed by atoms with Gasteiger partial charge in [-0.05, 0) is 18.1 Å². The first-order chi connectivity index (χ1) is 12.9. The molecule has 8 heteroatoms. The fraction of sp³-hybridized carbons (Fsp3) is 0.474. The lowest BCUT2D eigenvalue weighted by molar-refractivity contribution is -0.138. The third kappa shape index (κ3) is 4.71.